The van der Waals surface area contributed by atoms with Gasteiger partial charge >= 0.3 is 5.97 Å². The quantitative estimate of drug-likeness (QED) is 0.185. The number of benzene rings is 3. The first-order valence-corrected chi connectivity index (χ1v) is 14.3. The molecule has 1 spiro atoms. The summed E-state index contributed by atoms with van der Waals surface area (Å²) in [7, 11) is 0. The molecule has 0 radical (unpaired) electrons. The first kappa shape index (κ1) is 27.2. The summed E-state index contributed by atoms with van der Waals surface area (Å²) in [6, 6.07) is 30.0. The lowest BCUT2D eigenvalue weighted by molar-refractivity contribution is -0.351. The summed E-state index contributed by atoms with van der Waals surface area (Å²) in [5, 5.41) is 4.59. The van der Waals surface area contributed by atoms with Crippen LogP contribution in [0.3, 0.4) is 0 Å². The van der Waals surface area contributed by atoms with E-state index in [1.165, 1.54) is 0 Å². The van der Waals surface area contributed by atoms with E-state index in [4.69, 9.17) is 19.3 Å². The second-order valence-electron chi connectivity index (χ2n) is 11.1. The summed E-state index contributed by atoms with van der Waals surface area (Å²) in [4.78, 5) is 32.6. The molecule has 0 unspecified atom stereocenters. The molecule has 3 aromatic carbocycles. The zero-order chi connectivity index (χ0) is 28.2. The van der Waals surface area contributed by atoms with Gasteiger partial charge in [-0.2, -0.15) is 0 Å². The summed E-state index contributed by atoms with van der Waals surface area (Å²) < 4.78 is 5.91. The van der Waals surface area contributed by atoms with Crippen LogP contribution >= 0.6 is 0 Å². The molecule has 1 fully saturated rings. The monoisotopic (exact) mass is 549 g/mol. The Hall–Kier alpha value is -4.00. The second kappa shape index (κ2) is 11.9. The second-order valence-corrected chi connectivity index (χ2v) is 11.1. The van der Waals surface area contributed by atoms with Crippen molar-refractivity contribution in [3.63, 3.8) is 0 Å². The Morgan fingerprint density at radius 1 is 0.927 bits per heavy atom. The lowest BCUT2D eigenvalue weighted by Crippen LogP contribution is -2.43. The number of fused-ring (bicyclic) bond motifs is 1. The number of esters is 1. The molecule has 41 heavy (non-hydrogen) atoms. The number of hydrogen-bond donors (Lipinski definition) is 0. The van der Waals surface area contributed by atoms with E-state index in [-0.39, 0.29) is 24.4 Å². The molecule has 6 rings (SSSR count). The van der Waals surface area contributed by atoms with Gasteiger partial charge in [-0.15, -0.1) is 0 Å². The van der Waals surface area contributed by atoms with Gasteiger partial charge in [0.1, 0.15) is 24.7 Å². The fraction of sp³-hybridized carbons (Fsp3) is 0.314. The number of hydrogen-bond acceptors (Lipinski definition) is 6. The van der Waals surface area contributed by atoms with Crippen LogP contribution in [0.4, 0.5) is 0 Å². The highest BCUT2D eigenvalue weighted by atomic mass is 17.2. The van der Waals surface area contributed by atoms with Gasteiger partial charge in [-0.3, -0.25) is 4.79 Å². The minimum absolute atomic E-state index is 0.0398. The Balaban J connectivity index is 1.39. The predicted molar refractivity (Wildman–Crippen MR) is 158 cm³/mol. The largest absolute Gasteiger partial charge is 0.461 e. The summed E-state index contributed by atoms with van der Waals surface area (Å²) in [6.45, 7) is 4.25. The van der Waals surface area contributed by atoms with E-state index in [2.05, 4.69) is 24.2 Å². The third-order valence-corrected chi connectivity index (χ3v) is 8.41. The zero-order valence-corrected chi connectivity index (χ0v) is 23.4. The van der Waals surface area contributed by atoms with Crippen LogP contribution in [0.5, 0.6) is 0 Å². The Kier molecular flexibility index (Phi) is 7.86. The van der Waals surface area contributed by atoms with Crippen LogP contribution in [-0.2, 0) is 24.1 Å². The van der Waals surface area contributed by atoms with Crippen molar-refractivity contribution in [2.75, 3.05) is 6.61 Å². The van der Waals surface area contributed by atoms with Gasteiger partial charge in [0.2, 0.25) is 0 Å². The Morgan fingerprint density at radius 2 is 1.56 bits per heavy atom. The van der Waals surface area contributed by atoms with Gasteiger partial charge in [0.15, 0.2) is 5.60 Å². The van der Waals surface area contributed by atoms with Crippen LogP contribution in [0.25, 0.3) is 6.08 Å². The van der Waals surface area contributed by atoms with E-state index in [9.17, 15) is 4.79 Å². The molecule has 0 aromatic heterocycles. The summed E-state index contributed by atoms with van der Waals surface area (Å²) in [5.41, 5.74) is 3.96. The van der Waals surface area contributed by atoms with Crippen LogP contribution in [0.2, 0.25) is 0 Å². The van der Waals surface area contributed by atoms with E-state index in [0.717, 1.165) is 28.0 Å². The fourth-order valence-corrected chi connectivity index (χ4v) is 5.87. The van der Waals surface area contributed by atoms with Gasteiger partial charge in [0, 0.05) is 11.8 Å². The molecule has 0 amide bonds. The van der Waals surface area contributed by atoms with Crippen LogP contribution in [0.1, 0.15) is 55.4 Å². The minimum atomic E-state index is -0.779. The van der Waals surface area contributed by atoms with Crippen LogP contribution in [-0.4, -0.2) is 30.0 Å². The molecule has 2 aliphatic heterocycles. The number of nitrogens with zero attached hydrogens (tertiary/aromatic N) is 1. The Morgan fingerprint density at radius 3 is 2.22 bits per heavy atom. The van der Waals surface area contributed by atoms with E-state index >= 15 is 0 Å². The highest BCUT2D eigenvalue weighted by Crippen LogP contribution is 2.54. The van der Waals surface area contributed by atoms with Crippen molar-refractivity contribution in [1.82, 2.24) is 0 Å². The highest BCUT2D eigenvalue weighted by Gasteiger charge is 2.61. The fourth-order valence-electron chi connectivity index (χ4n) is 5.87. The number of rotatable bonds is 6. The molecule has 5 atom stereocenters. The molecule has 3 aromatic rings. The number of carbonyl (C=O) groups is 1. The van der Waals surface area contributed by atoms with E-state index in [0.29, 0.717) is 12.8 Å². The maximum atomic E-state index is 14.0. The average molecular weight is 550 g/mol. The number of carbonyl (C=O) groups excluding carboxylic acids is 1. The standard InChI is InChI=1S/C35H35NO5/c1-24-25(2)36-41-35(20-21-35)32(34(37)38-22-12-15-26-13-6-3-7-14-26)29-23-30(27-16-8-4-9-17-27)39-40-33(29)31(24)28-18-10-5-11-19-28/h3-19,23-24,30-33H,20-22H2,1-2H3/b15-12+,36-25-/t24-,30+,31+,32+,33-/m0/s1. The smallest absolute Gasteiger partial charge is 0.317 e. The van der Waals surface area contributed by atoms with E-state index in [1.54, 1.807) is 0 Å². The lowest BCUT2D eigenvalue weighted by atomic mass is 9.73. The summed E-state index contributed by atoms with van der Waals surface area (Å²) >= 11 is 0. The molecular weight excluding hydrogens is 514 g/mol. The molecular formula is C35H35NO5. The van der Waals surface area contributed by atoms with Crippen molar-refractivity contribution in [1.29, 1.82) is 0 Å². The molecule has 1 saturated carbocycles. The highest BCUT2D eigenvalue weighted by molar-refractivity contribution is 5.85. The number of oxime groups is 1. The molecule has 1 aliphatic carbocycles. The van der Waals surface area contributed by atoms with Gasteiger partial charge in [-0.1, -0.05) is 109 Å². The molecule has 6 nitrogen and oxygen atoms in total. The van der Waals surface area contributed by atoms with Gasteiger partial charge in [0.05, 0.1) is 5.71 Å². The third-order valence-electron chi connectivity index (χ3n) is 8.41. The van der Waals surface area contributed by atoms with Gasteiger partial charge in [-0.05, 0) is 54.2 Å². The third kappa shape index (κ3) is 5.76. The summed E-state index contributed by atoms with van der Waals surface area (Å²) in [6.07, 6.45) is 6.26. The van der Waals surface area contributed by atoms with Crippen molar-refractivity contribution in [3.05, 3.63) is 125 Å². The maximum Gasteiger partial charge on any atom is 0.317 e. The minimum Gasteiger partial charge on any atom is -0.461 e. The average Bonchev–Trinajstić information content (AvgIpc) is 3.80. The van der Waals surface area contributed by atoms with Crippen molar-refractivity contribution in [3.8, 4) is 0 Å². The van der Waals surface area contributed by atoms with Crippen molar-refractivity contribution in [2.24, 2.45) is 17.0 Å². The Bertz CT molecular complexity index is 1430. The van der Waals surface area contributed by atoms with E-state index in [1.807, 2.05) is 104 Å². The van der Waals surface area contributed by atoms with Crippen LogP contribution in [0.15, 0.2) is 114 Å². The molecule has 210 valence electrons. The van der Waals surface area contributed by atoms with E-state index < -0.39 is 23.7 Å². The number of ether oxygens (including phenoxy) is 1. The molecule has 6 heteroatoms. The molecule has 0 N–H and O–H groups in total. The first-order valence-electron chi connectivity index (χ1n) is 14.3. The Labute approximate surface area is 241 Å². The SMILES string of the molecule is C/C1=N/OC2(CC2)[C@@H](C(=O)OC/C=C/c2ccccc2)C2=C[C@H](c3ccccc3)OO[C@@H]2[C@@H](c2ccccc2)[C@H]1C. The van der Waals surface area contributed by atoms with Gasteiger partial charge in [0.25, 0.3) is 0 Å². The van der Waals surface area contributed by atoms with Gasteiger partial charge < -0.3 is 9.57 Å². The molecule has 0 saturated heterocycles. The van der Waals surface area contributed by atoms with Crippen LogP contribution in [0, 0.1) is 11.8 Å². The maximum absolute atomic E-state index is 14.0. The van der Waals surface area contributed by atoms with Crippen molar-refractivity contribution < 1.29 is 24.1 Å². The van der Waals surface area contributed by atoms with Crippen molar-refractivity contribution in [2.45, 2.75) is 50.4 Å². The molecule has 3 aliphatic rings. The summed E-state index contributed by atoms with van der Waals surface area (Å²) in [5.74, 6) is -1.24. The first-order chi connectivity index (χ1) is 20.1. The molecule has 2 heterocycles. The van der Waals surface area contributed by atoms with Crippen molar-refractivity contribution >= 4 is 17.8 Å². The normalized spacial score (nSPS) is 28.2. The van der Waals surface area contributed by atoms with Gasteiger partial charge in [-0.25, -0.2) is 9.78 Å². The molecule has 0 bridgehead atoms. The topological polar surface area (TPSA) is 66.4 Å². The predicted octanol–water partition coefficient (Wildman–Crippen LogP) is 7.22. The lowest BCUT2D eigenvalue weighted by Gasteiger charge is -2.38. The van der Waals surface area contributed by atoms with Crippen LogP contribution < -0.4 is 0 Å². The zero-order valence-electron chi connectivity index (χ0n) is 23.4.